The average Bonchev–Trinajstić information content (AvgIpc) is 2.72. The molecule has 0 aliphatic rings. The number of guanidine groups is 1. The summed E-state index contributed by atoms with van der Waals surface area (Å²) < 4.78 is 10.2. The molecule has 0 saturated heterocycles. The second-order valence-corrected chi connectivity index (χ2v) is 7.50. The fourth-order valence-electron chi connectivity index (χ4n) is 2.19. The molecule has 0 aliphatic carbocycles. The Balaban J connectivity index is 2.56. The number of rotatable bonds is 9. The molecule has 4 N–H and O–H groups in total. The molecule has 0 bridgehead atoms. The van der Waals surface area contributed by atoms with E-state index in [1.807, 2.05) is 18.2 Å². The second-order valence-electron chi connectivity index (χ2n) is 7.50. The minimum Gasteiger partial charge on any atom is -0.445 e. The summed E-state index contributed by atoms with van der Waals surface area (Å²) >= 11 is 0. The van der Waals surface area contributed by atoms with Gasteiger partial charge in [-0.1, -0.05) is 30.3 Å². The Morgan fingerprint density at radius 2 is 1.81 bits per heavy atom. The van der Waals surface area contributed by atoms with E-state index in [1.54, 1.807) is 32.9 Å². The van der Waals surface area contributed by atoms with Crippen molar-refractivity contribution in [3.63, 3.8) is 0 Å². The Hall–Kier alpha value is -3.54. The summed E-state index contributed by atoms with van der Waals surface area (Å²) in [4.78, 5) is 46.1. The first-order valence-corrected chi connectivity index (χ1v) is 9.76. The number of likely N-dealkylation sites (N-methyl/N-ethyl adjacent to an activating group) is 1. The summed E-state index contributed by atoms with van der Waals surface area (Å²) in [7, 11) is 2.71. The van der Waals surface area contributed by atoms with Gasteiger partial charge in [0.25, 0.3) is 5.91 Å². The third kappa shape index (κ3) is 11.0. The molecule has 178 valence electrons. The van der Waals surface area contributed by atoms with Crippen LogP contribution >= 0.6 is 0 Å². The lowest BCUT2D eigenvalue weighted by Crippen LogP contribution is -2.47. The zero-order valence-electron chi connectivity index (χ0n) is 18.9. The van der Waals surface area contributed by atoms with Crippen LogP contribution in [0.25, 0.3) is 0 Å². The predicted molar refractivity (Wildman–Crippen MR) is 115 cm³/mol. The topological polar surface area (TPSA) is 154 Å². The summed E-state index contributed by atoms with van der Waals surface area (Å²) in [5.41, 5.74) is 5.64. The summed E-state index contributed by atoms with van der Waals surface area (Å²) in [6.45, 7) is 5.03. The summed E-state index contributed by atoms with van der Waals surface area (Å²) in [5.74, 6) is -0.858. The van der Waals surface area contributed by atoms with E-state index in [4.69, 9.17) is 24.9 Å². The fourth-order valence-corrected chi connectivity index (χ4v) is 2.19. The first kappa shape index (κ1) is 26.5. The van der Waals surface area contributed by atoms with Crippen molar-refractivity contribution >= 4 is 24.1 Å². The Kier molecular flexibility index (Phi) is 10.8. The molecule has 1 rings (SSSR count). The van der Waals surface area contributed by atoms with Crippen LogP contribution in [0.2, 0.25) is 0 Å². The zero-order chi connectivity index (χ0) is 24.1. The number of oxime groups is 1. The maximum atomic E-state index is 12.4. The molecular formula is C20H31N5O7. The SMILES string of the molecule is CON(C)C(=O)[C@H](CCO/N=C(\N)NC(=O)OC(C)(C)C)NC(=O)OCc1ccccc1. The smallest absolute Gasteiger partial charge is 0.414 e. The van der Waals surface area contributed by atoms with E-state index in [-0.39, 0.29) is 25.6 Å². The molecule has 32 heavy (non-hydrogen) atoms. The van der Waals surface area contributed by atoms with Gasteiger partial charge in [-0.25, -0.2) is 14.7 Å². The van der Waals surface area contributed by atoms with Crippen molar-refractivity contribution in [3.8, 4) is 0 Å². The molecule has 0 aliphatic heterocycles. The van der Waals surface area contributed by atoms with Crippen molar-refractivity contribution in [2.45, 2.75) is 45.4 Å². The molecule has 3 amide bonds. The van der Waals surface area contributed by atoms with E-state index in [2.05, 4.69) is 15.8 Å². The fraction of sp³-hybridized carbons (Fsp3) is 0.500. The lowest BCUT2D eigenvalue weighted by atomic mass is 10.2. The number of nitrogens with one attached hydrogen (secondary N) is 2. The molecule has 0 fully saturated rings. The van der Waals surface area contributed by atoms with Gasteiger partial charge in [0.05, 0.1) is 7.11 Å². The van der Waals surface area contributed by atoms with Crippen molar-refractivity contribution in [3.05, 3.63) is 35.9 Å². The van der Waals surface area contributed by atoms with Gasteiger partial charge >= 0.3 is 12.2 Å². The normalized spacial score (nSPS) is 12.3. The van der Waals surface area contributed by atoms with Crippen LogP contribution in [0.4, 0.5) is 9.59 Å². The van der Waals surface area contributed by atoms with Crippen molar-refractivity contribution in [1.29, 1.82) is 0 Å². The minimum absolute atomic E-state index is 0.0240. The van der Waals surface area contributed by atoms with Gasteiger partial charge in [-0.3, -0.25) is 14.9 Å². The Morgan fingerprint density at radius 3 is 2.41 bits per heavy atom. The highest BCUT2D eigenvalue weighted by atomic mass is 16.7. The number of hydrogen-bond donors (Lipinski definition) is 3. The number of hydrogen-bond acceptors (Lipinski definition) is 8. The predicted octanol–water partition coefficient (Wildman–Crippen LogP) is 1.46. The number of benzene rings is 1. The molecule has 0 aromatic heterocycles. The molecule has 0 heterocycles. The third-order valence-corrected chi connectivity index (χ3v) is 3.68. The van der Waals surface area contributed by atoms with Crippen LogP contribution in [0.3, 0.4) is 0 Å². The van der Waals surface area contributed by atoms with Gasteiger partial charge in [0.2, 0.25) is 5.96 Å². The van der Waals surface area contributed by atoms with Gasteiger partial charge in [0.1, 0.15) is 24.9 Å². The summed E-state index contributed by atoms with van der Waals surface area (Å²) in [5, 5.41) is 9.15. The van der Waals surface area contributed by atoms with Gasteiger partial charge in [0.15, 0.2) is 0 Å². The second kappa shape index (κ2) is 13.0. The molecule has 12 heteroatoms. The van der Waals surface area contributed by atoms with Crippen molar-refractivity contribution in [1.82, 2.24) is 15.7 Å². The maximum Gasteiger partial charge on any atom is 0.414 e. The molecule has 0 saturated carbocycles. The highest BCUT2D eigenvalue weighted by Gasteiger charge is 2.25. The molecule has 0 radical (unpaired) electrons. The lowest BCUT2D eigenvalue weighted by molar-refractivity contribution is -0.171. The van der Waals surface area contributed by atoms with Crippen LogP contribution in [0, 0.1) is 0 Å². The minimum atomic E-state index is -1.02. The quantitative estimate of drug-likeness (QED) is 0.220. The standard InChI is InChI=1S/C20H31N5O7/c1-20(2,3)32-19(28)23-17(21)24-31-12-11-15(16(26)25(4)29-5)22-18(27)30-13-14-9-7-6-8-10-14/h6-10,15H,11-13H2,1-5H3,(H,22,27)(H3,21,23,24,28)/t15-/m0/s1. The molecule has 0 unspecified atom stereocenters. The Labute approximate surface area is 186 Å². The van der Waals surface area contributed by atoms with Crippen molar-refractivity contribution < 1.29 is 33.5 Å². The number of nitrogens with two attached hydrogens (primary N) is 1. The van der Waals surface area contributed by atoms with Crippen LogP contribution in [-0.4, -0.2) is 61.5 Å². The Bertz CT molecular complexity index is 780. The lowest BCUT2D eigenvalue weighted by Gasteiger charge is -2.22. The van der Waals surface area contributed by atoms with Gasteiger partial charge in [-0.15, -0.1) is 0 Å². The molecule has 1 aromatic carbocycles. The molecule has 1 atom stereocenters. The van der Waals surface area contributed by atoms with Gasteiger partial charge in [-0.05, 0) is 31.5 Å². The molecule has 1 aromatic rings. The number of ether oxygens (including phenoxy) is 2. The number of nitrogens with zero attached hydrogens (tertiary/aromatic N) is 2. The van der Waals surface area contributed by atoms with E-state index >= 15 is 0 Å². The third-order valence-electron chi connectivity index (χ3n) is 3.68. The average molecular weight is 453 g/mol. The molecule has 12 nitrogen and oxygen atoms in total. The van der Waals surface area contributed by atoms with Crippen LogP contribution < -0.4 is 16.4 Å². The number of amides is 3. The van der Waals surface area contributed by atoms with Crippen molar-refractivity contribution in [2.24, 2.45) is 10.9 Å². The highest BCUT2D eigenvalue weighted by molar-refractivity contribution is 5.92. The number of carbonyl (C=O) groups excluding carboxylic acids is 3. The molecule has 0 spiro atoms. The maximum absolute atomic E-state index is 12.4. The van der Waals surface area contributed by atoms with Crippen LogP contribution in [0.15, 0.2) is 35.5 Å². The Morgan fingerprint density at radius 1 is 1.16 bits per heavy atom. The van der Waals surface area contributed by atoms with E-state index in [1.165, 1.54) is 14.2 Å². The van der Waals surface area contributed by atoms with E-state index in [9.17, 15) is 14.4 Å². The summed E-state index contributed by atoms with van der Waals surface area (Å²) in [6.07, 6.45) is -1.55. The van der Waals surface area contributed by atoms with Gasteiger partial charge in [0, 0.05) is 13.5 Å². The number of hydroxylamine groups is 2. The summed E-state index contributed by atoms with van der Waals surface area (Å²) in [6, 6.07) is 8.07. The van der Waals surface area contributed by atoms with E-state index in [0.29, 0.717) is 0 Å². The first-order valence-electron chi connectivity index (χ1n) is 9.76. The monoisotopic (exact) mass is 453 g/mol. The largest absolute Gasteiger partial charge is 0.445 e. The van der Waals surface area contributed by atoms with E-state index in [0.717, 1.165) is 10.6 Å². The molecular weight excluding hydrogens is 422 g/mol. The zero-order valence-corrected chi connectivity index (χ0v) is 18.9. The van der Waals surface area contributed by atoms with E-state index < -0.39 is 29.7 Å². The van der Waals surface area contributed by atoms with Gasteiger partial charge < -0.3 is 25.4 Å². The first-order chi connectivity index (χ1) is 15.0. The van der Waals surface area contributed by atoms with Crippen LogP contribution in [-0.2, 0) is 30.6 Å². The number of alkyl carbamates (subject to hydrolysis) is 2. The van der Waals surface area contributed by atoms with Crippen molar-refractivity contribution in [2.75, 3.05) is 20.8 Å². The van der Waals surface area contributed by atoms with Crippen LogP contribution in [0.1, 0.15) is 32.8 Å². The highest BCUT2D eigenvalue weighted by Crippen LogP contribution is 2.06. The van der Waals surface area contributed by atoms with Gasteiger partial charge in [-0.2, -0.15) is 0 Å². The van der Waals surface area contributed by atoms with Crippen LogP contribution in [0.5, 0.6) is 0 Å². The number of carbonyl (C=O) groups is 3.